The van der Waals surface area contributed by atoms with Gasteiger partial charge in [0.2, 0.25) is 5.91 Å². The Balaban J connectivity index is 2.00. The molecular weight excluding hydrogens is 346 g/mol. The van der Waals surface area contributed by atoms with Gasteiger partial charge in [-0.25, -0.2) is 8.78 Å². The third-order valence-electron chi connectivity index (χ3n) is 4.24. The van der Waals surface area contributed by atoms with Gasteiger partial charge in [-0.2, -0.15) is 0 Å². The monoisotopic (exact) mass is 366 g/mol. The number of hydrogen-bond acceptors (Lipinski definition) is 2. The molecule has 0 aliphatic rings. The molecule has 0 aliphatic carbocycles. The van der Waals surface area contributed by atoms with E-state index < -0.39 is 11.9 Å². The highest BCUT2D eigenvalue weighted by molar-refractivity contribution is 6.31. The highest BCUT2D eigenvalue weighted by Gasteiger charge is 2.22. The Labute approximate surface area is 151 Å². The predicted octanol–water partition coefficient (Wildman–Crippen LogP) is 4.32. The maximum absolute atomic E-state index is 13.9. The first kappa shape index (κ1) is 19.3. The predicted molar refractivity (Wildman–Crippen MR) is 95.3 cm³/mol. The fourth-order valence-corrected chi connectivity index (χ4v) is 2.66. The molecule has 0 radical (unpaired) electrons. The van der Waals surface area contributed by atoms with Crippen LogP contribution in [0, 0.1) is 11.6 Å². The SMILES string of the molecule is CC(NC(=O)C(C)N(C)Cc1c(F)cccc1Cl)c1ccc(F)cc1. The molecule has 134 valence electrons. The highest BCUT2D eigenvalue weighted by Crippen LogP contribution is 2.21. The van der Waals surface area contributed by atoms with Crippen LogP contribution in [0.5, 0.6) is 0 Å². The molecule has 0 fully saturated rings. The van der Waals surface area contributed by atoms with Crippen molar-refractivity contribution in [3.8, 4) is 0 Å². The summed E-state index contributed by atoms with van der Waals surface area (Å²) in [5.74, 6) is -0.921. The van der Waals surface area contributed by atoms with Gasteiger partial charge in [0.15, 0.2) is 0 Å². The van der Waals surface area contributed by atoms with Gasteiger partial charge in [-0.05, 0) is 50.7 Å². The number of nitrogens with one attached hydrogen (secondary N) is 1. The molecule has 1 N–H and O–H groups in total. The number of hydrogen-bond donors (Lipinski definition) is 1. The van der Waals surface area contributed by atoms with Crippen molar-refractivity contribution in [2.45, 2.75) is 32.5 Å². The first-order valence-electron chi connectivity index (χ1n) is 7.98. The molecule has 1 amide bonds. The molecule has 25 heavy (non-hydrogen) atoms. The quantitative estimate of drug-likeness (QED) is 0.826. The normalized spacial score (nSPS) is 13.6. The highest BCUT2D eigenvalue weighted by atomic mass is 35.5. The number of benzene rings is 2. The van der Waals surface area contributed by atoms with E-state index in [1.54, 1.807) is 43.1 Å². The summed E-state index contributed by atoms with van der Waals surface area (Å²) in [6.45, 7) is 3.78. The largest absolute Gasteiger partial charge is 0.348 e. The Morgan fingerprint density at radius 2 is 1.80 bits per heavy atom. The first-order chi connectivity index (χ1) is 11.8. The maximum atomic E-state index is 13.9. The van der Waals surface area contributed by atoms with E-state index in [1.807, 2.05) is 6.92 Å². The molecule has 2 aromatic carbocycles. The van der Waals surface area contributed by atoms with Crippen LogP contribution in [0.4, 0.5) is 8.78 Å². The average Bonchev–Trinajstić information content (AvgIpc) is 2.57. The molecule has 6 heteroatoms. The van der Waals surface area contributed by atoms with E-state index >= 15 is 0 Å². The van der Waals surface area contributed by atoms with E-state index in [4.69, 9.17) is 11.6 Å². The van der Waals surface area contributed by atoms with Crippen molar-refractivity contribution in [3.05, 3.63) is 70.2 Å². The van der Waals surface area contributed by atoms with Crippen molar-refractivity contribution >= 4 is 17.5 Å². The minimum atomic E-state index is -0.487. The number of likely N-dealkylation sites (N-methyl/N-ethyl adjacent to an activating group) is 1. The summed E-state index contributed by atoms with van der Waals surface area (Å²) in [7, 11) is 1.73. The third kappa shape index (κ3) is 5.00. The maximum Gasteiger partial charge on any atom is 0.237 e. The Hall–Kier alpha value is -1.98. The number of rotatable bonds is 6. The second kappa shape index (κ2) is 8.41. The standard InChI is InChI=1S/C19H21ClF2N2O/c1-12(14-7-9-15(21)10-8-14)23-19(25)13(2)24(3)11-16-17(20)5-4-6-18(16)22/h4-10,12-13H,11H2,1-3H3,(H,23,25). The van der Waals surface area contributed by atoms with Crippen LogP contribution in [-0.2, 0) is 11.3 Å². The molecule has 0 bridgehead atoms. The minimum absolute atomic E-state index is 0.202. The van der Waals surface area contributed by atoms with Crippen LogP contribution in [0.1, 0.15) is 31.0 Å². The molecule has 0 spiro atoms. The van der Waals surface area contributed by atoms with E-state index in [1.165, 1.54) is 18.2 Å². The Kier molecular flexibility index (Phi) is 6.51. The van der Waals surface area contributed by atoms with Crippen molar-refractivity contribution in [1.29, 1.82) is 0 Å². The van der Waals surface area contributed by atoms with E-state index in [-0.39, 0.29) is 24.3 Å². The molecule has 3 nitrogen and oxygen atoms in total. The topological polar surface area (TPSA) is 32.3 Å². The minimum Gasteiger partial charge on any atom is -0.348 e. The van der Waals surface area contributed by atoms with Crippen molar-refractivity contribution in [3.63, 3.8) is 0 Å². The third-order valence-corrected chi connectivity index (χ3v) is 4.59. The second-order valence-electron chi connectivity index (χ2n) is 6.07. The molecule has 0 aliphatic heterocycles. The number of amides is 1. The van der Waals surface area contributed by atoms with E-state index in [0.717, 1.165) is 5.56 Å². The summed E-state index contributed by atoms with van der Waals surface area (Å²) in [6.07, 6.45) is 0. The van der Waals surface area contributed by atoms with Crippen molar-refractivity contribution in [2.75, 3.05) is 7.05 Å². The van der Waals surface area contributed by atoms with Gasteiger partial charge in [-0.15, -0.1) is 0 Å². The summed E-state index contributed by atoms with van der Waals surface area (Å²) in [5, 5.41) is 3.21. The fourth-order valence-electron chi connectivity index (χ4n) is 2.44. The Morgan fingerprint density at radius 1 is 1.16 bits per heavy atom. The van der Waals surface area contributed by atoms with Crippen molar-refractivity contribution in [2.24, 2.45) is 0 Å². The zero-order valence-corrected chi connectivity index (χ0v) is 15.1. The average molecular weight is 367 g/mol. The lowest BCUT2D eigenvalue weighted by atomic mass is 10.1. The van der Waals surface area contributed by atoms with Crippen LogP contribution in [0.25, 0.3) is 0 Å². The number of carbonyl (C=O) groups is 1. The Bertz CT molecular complexity index is 716. The first-order valence-corrected chi connectivity index (χ1v) is 8.36. The van der Waals surface area contributed by atoms with Gasteiger partial charge in [0.1, 0.15) is 11.6 Å². The number of carbonyl (C=O) groups excluding carboxylic acids is 1. The molecule has 2 atom stereocenters. The summed E-state index contributed by atoms with van der Waals surface area (Å²) < 4.78 is 26.9. The zero-order valence-electron chi connectivity index (χ0n) is 14.4. The van der Waals surface area contributed by atoms with Crippen LogP contribution >= 0.6 is 11.6 Å². The van der Waals surface area contributed by atoms with Gasteiger partial charge in [0.05, 0.1) is 12.1 Å². The molecule has 0 saturated carbocycles. The van der Waals surface area contributed by atoms with Crippen LogP contribution in [0.15, 0.2) is 42.5 Å². The van der Waals surface area contributed by atoms with Gasteiger partial charge in [0.25, 0.3) is 0 Å². The molecule has 0 heterocycles. The van der Waals surface area contributed by atoms with Crippen LogP contribution in [0.3, 0.4) is 0 Å². The van der Waals surface area contributed by atoms with Gasteiger partial charge >= 0.3 is 0 Å². The van der Waals surface area contributed by atoms with Crippen molar-refractivity contribution < 1.29 is 13.6 Å². The lowest BCUT2D eigenvalue weighted by molar-refractivity contribution is -0.126. The molecular formula is C19H21ClF2N2O. The van der Waals surface area contributed by atoms with E-state index in [9.17, 15) is 13.6 Å². The number of halogens is 3. The van der Waals surface area contributed by atoms with E-state index in [0.29, 0.717) is 10.6 Å². The molecule has 2 aromatic rings. The number of nitrogens with zero attached hydrogens (tertiary/aromatic N) is 1. The molecule has 2 unspecified atom stereocenters. The second-order valence-corrected chi connectivity index (χ2v) is 6.48. The summed E-state index contributed by atoms with van der Waals surface area (Å²) in [4.78, 5) is 14.2. The zero-order chi connectivity index (χ0) is 18.6. The van der Waals surface area contributed by atoms with Crippen LogP contribution in [0.2, 0.25) is 5.02 Å². The van der Waals surface area contributed by atoms with Crippen LogP contribution < -0.4 is 5.32 Å². The van der Waals surface area contributed by atoms with Gasteiger partial charge in [-0.1, -0.05) is 29.8 Å². The van der Waals surface area contributed by atoms with Crippen LogP contribution in [-0.4, -0.2) is 23.9 Å². The smallest absolute Gasteiger partial charge is 0.237 e. The summed E-state index contributed by atoms with van der Waals surface area (Å²) >= 11 is 6.04. The van der Waals surface area contributed by atoms with E-state index in [2.05, 4.69) is 5.32 Å². The molecule has 0 aromatic heterocycles. The van der Waals surface area contributed by atoms with Gasteiger partial charge < -0.3 is 5.32 Å². The fraction of sp³-hybridized carbons (Fsp3) is 0.316. The molecule has 2 rings (SSSR count). The molecule has 0 saturated heterocycles. The lowest BCUT2D eigenvalue weighted by Gasteiger charge is -2.26. The lowest BCUT2D eigenvalue weighted by Crippen LogP contribution is -2.43. The van der Waals surface area contributed by atoms with Gasteiger partial charge in [-0.3, -0.25) is 9.69 Å². The summed E-state index contributed by atoms with van der Waals surface area (Å²) in [5.41, 5.74) is 1.17. The van der Waals surface area contributed by atoms with Gasteiger partial charge in [0, 0.05) is 17.1 Å². The summed E-state index contributed by atoms with van der Waals surface area (Å²) in [6, 6.07) is 9.73. The Morgan fingerprint density at radius 3 is 2.40 bits per heavy atom. The van der Waals surface area contributed by atoms with Crippen molar-refractivity contribution in [1.82, 2.24) is 10.2 Å².